The van der Waals surface area contributed by atoms with Crippen LogP contribution in [-0.2, 0) is 6.54 Å². The number of carbonyl (C=O) groups excluding carboxylic acids is 1. The van der Waals surface area contributed by atoms with Crippen molar-refractivity contribution in [2.45, 2.75) is 13.5 Å². The third-order valence-electron chi connectivity index (χ3n) is 1.99. The van der Waals surface area contributed by atoms with E-state index in [1.165, 1.54) is 0 Å². The van der Waals surface area contributed by atoms with Gasteiger partial charge in [0.2, 0.25) is 0 Å². The smallest absolute Gasteiger partial charge is 0.287 e. The number of aryl methyl sites for hydroxylation is 1. The number of benzene rings is 1. The molecule has 0 unspecified atom stereocenters. The molecule has 0 fully saturated rings. The Morgan fingerprint density at radius 3 is 3.13 bits per heavy atom. The lowest BCUT2D eigenvalue weighted by atomic mass is 10.2. The molecule has 78 valence electrons. The summed E-state index contributed by atoms with van der Waals surface area (Å²) in [5.41, 5.74) is 2.56. The number of amides is 1. The third-order valence-corrected chi connectivity index (χ3v) is 2.27. The van der Waals surface area contributed by atoms with Crippen LogP contribution < -0.4 is 5.32 Å². The molecule has 0 radical (unpaired) electrons. The van der Waals surface area contributed by atoms with Gasteiger partial charge in [0.25, 0.3) is 4.82 Å². The molecule has 15 heavy (non-hydrogen) atoms. The number of hydrogen-bond donors (Lipinski definition) is 1. The van der Waals surface area contributed by atoms with Gasteiger partial charge in [-0.1, -0.05) is 6.07 Å². The van der Waals surface area contributed by atoms with E-state index in [1.807, 2.05) is 18.2 Å². The van der Waals surface area contributed by atoms with E-state index < -0.39 is 0 Å². The lowest BCUT2D eigenvalue weighted by Gasteiger charge is -2.00. The molecule has 4 nitrogen and oxygen atoms in total. The van der Waals surface area contributed by atoms with Crippen LogP contribution in [0.4, 0.5) is 4.79 Å². The summed E-state index contributed by atoms with van der Waals surface area (Å²) in [4.78, 5) is 14.6. The van der Waals surface area contributed by atoms with Crippen molar-refractivity contribution in [1.29, 1.82) is 0 Å². The number of halogens is 1. The zero-order valence-electron chi connectivity index (χ0n) is 8.08. The highest BCUT2D eigenvalue weighted by Crippen LogP contribution is 2.16. The SMILES string of the molecule is Cc1nc2ccc(CNC(=O)Br)cc2o1. The predicted molar refractivity (Wildman–Crippen MR) is 59.9 cm³/mol. The lowest BCUT2D eigenvalue weighted by Crippen LogP contribution is -2.14. The number of fused-ring (bicyclic) bond motifs is 1. The van der Waals surface area contributed by atoms with E-state index in [4.69, 9.17) is 4.42 Å². The highest BCUT2D eigenvalue weighted by molar-refractivity contribution is 9.18. The molecule has 0 saturated carbocycles. The first-order valence-corrected chi connectivity index (χ1v) is 5.24. The minimum Gasteiger partial charge on any atom is -0.441 e. The molecule has 0 aliphatic heterocycles. The van der Waals surface area contributed by atoms with Crippen LogP contribution in [0.1, 0.15) is 11.5 Å². The van der Waals surface area contributed by atoms with Gasteiger partial charge < -0.3 is 9.73 Å². The van der Waals surface area contributed by atoms with Crippen LogP contribution in [0.2, 0.25) is 0 Å². The van der Waals surface area contributed by atoms with Crippen LogP contribution in [-0.4, -0.2) is 9.80 Å². The third kappa shape index (κ3) is 2.36. The minimum atomic E-state index is -0.226. The number of nitrogens with zero attached hydrogens (tertiary/aromatic N) is 1. The number of oxazole rings is 1. The molecule has 0 spiro atoms. The molecule has 0 aliphatic rings. The van der Waals surface area contributed by atoms with E-state index in [-0.39, 0.29) is 4.82 Å². The van der Waals surface area contributed by atoms with Gasteiger partial charge in [0.05, 0.1) is 0 Å². The van der Waals surface area contributed by atoms with Gasteiger partial charge >= 0.3 is 0 Å². The standard InChI is InChI=1S/C10H9BrN2O2/c1-6-13-8-3-2-7(4-9(8)15-6)5-12-10(11)14/h2-4H,5H2,1H3,(H,12,14). The van der Waals surface area contributed by atoms with E-state index in [9.17, 15) is 4.79 Å². The zero-order chi connectivity index (χ0) is 10.8. The van der Waals surface area contributed by atoms with Crippen molar-refractivity contribution in [2.24, 2.45) is 0 Å². The summed E-state index contributed by atoms with van der Waals surface area (Å²) >= 11 is 2.80. The fraction of sp³-hybridized carbons (Fsp3) is 0.200. The van der Waals surface area contributed by atoms with Gasteiger partial charge in [-0.2, -0.15) is 0 Å². The Morgan fingerprint density at radius 2 is 2.40 bits per heavy atom. The molecule has 0 aliphatic carbocycles. The molecule has 2 rings (SSSR count). The molecular weight excluding hydrogens is 260 g/mol. The van der Waals surface area contributed by atoms with E-state index >= 15 is 0 Å². The van der Waals surface area contributed by atoms with Gasteiger partial charge in [0, 0.05) is 29.4 Å². The Labute approximate surface area is 94.8 Å². The largest absolute Gasteiger partial charge is 0.441 e. The fourth-order valence-corrected chi connectivity index (χ4v) is 1.51. The summed E-state index contributed by atoms with van der Waals surface area (Å²) in [7, 11) is 0. The Morgan fingerprint density at radius 1 is 1.60 bits per heavy atom. The Balaban J connectivity index is 2.26. The van der Waals surface area contributed by atoms with Gasteiger partial charge in [-0.15, -0.1) is 0 Å². The van der Waals surface area contributed by atoms with Gasteiger partial charge in [0.1, 0.15) is 5.52 Å². The van der Waals surface area contributed by atoms with Crippen molar-refractivity contribution < 1.29 is 9.21 Å². The summed E-state index contributed by atoms with van der Waals surface area (Å²) in [6, 6.07) is 5.66. The molecule has 5 heteroatoms. The fourth-order valence-electron chi connectivity index (χ4n) is 1.37. The van der Waals surface area contributed by atoms with E-state index in [1.54, 1.807) is 6.92 Å². The second kappa shape index (κ2) is 4.02. The van der Waals surface area contributed by atoms with Crippen molar-refractivity contribution in [1.82, 2.24) is 10.3 Å². The number of nitrogens with one attached hydrogen (secondary N) is 1. The number of hydrogen-bond acceptors (Lipinski definition) is 3. The average Bonchev–Trinajstić information content (AvgIpc) is 2.53. The maximum Gasteiger partial charge on any atom is 0.287 e. The van der Waals surface area contributed by atoms with Crippen LogP contribution >= 0.6 is 15.9 Å². The number of rotatable bonds is 2. The monoisotopic (exact) mass is 268 g/mol. The van der Waals surface area contributed by atoms with Gasteiger partial charge in [-0.3, -0.25) is 4.79 Å². The summed E-state index contributed by atoms with van der Waals surface area (Å²) in [5.74, 6) is 0.645. The lowest BCUT2D eigenvalue weighted by molar-refractivity contribution is 0.261. The van der Waals surface area contributed by atoms with E-state index in [0.717, 1.165) is 16.7 Å². The van der Waals surface area contributed by atoms with Crippen LogP contribution in [0.3, 0.4) is 0 Å². The molecule has 1 amide bonds. The summed E-state index contributed by atoms with van der Waals surface area (Å²) in [5, 5.41) is 2.65. The van der Waals surface area contributed by atoms with Gasteiger partial charge in [-0.25, -0.2) is 4.98 Å². The first kappa shape index (κ1) is 10.2. The Bertz CT molecular complexity index is 507. The van der Waals surface area contributed by atoms with E-state index in [2.05, 4.69) is 26.2 Å². The van der Waals surface area contributed by atoms with Gasteiger partial charge in [0.15, 0.2) is 11.5 Å². The summed E-state index contributed by atoms with van der Waals surface area (Å²) in [6.45, 7) is 2.28. The zero-order valence-corrected chi connectivity index (χ0v) is 9.67. The quantitative estimate of drug-likeness (QED) is 0.673. The normalized spacial score (nSPS) is 10.5. The molecule has 0 saturated heterocycles. The number of carbonyl (C=O) groups is 1. The van der Waals surface area contributed by atoms with Crippen molar-refractivity contribution >= 4 is 31.8 Å². The van der Waals surface area contributed by atoms with E-state index in [0.29, 0.717) is 12.4 Å². The topological polar surface area (TPSA) is 55.1 Å². The van der Waals surface area contributed by atoms with Crippen LogP contribution in [0.25, 0.3) is 11.1 Å². The molecule has 0 atom stereocenters. The van der Waals surface area contributed by atoms with Crippen molar-refractivity contribution in [3.8, 4) is 0 Å². The highest BCUT2D eigenvalue weighted by atomic mass is 79.9. The first-order chi connectivity index (χ1) is 7.15. The van der Waals surface area contributed by atoms with Crippen LogP contribution in [0, 0.1) is 6.92 Å². The predicted octanol–water partition coefficient (Wildman–Crippen LogP) is 2.74. The van der Waals surface area contributed by atoms with Crippen molar-refractivity contribution in [3.05, 3.63) is 29.7 Å². The van der Waals surface area contributed by atoms with Crippen molar-refractivity contribution in [3.63, 3.8) is 0 Å². The molecule has 1 heterocycles. The molecule has 1 aromatic heterocycles. The molecular formula is C10H9BrN2O2. The average molecular weight is 269 g/mol. The maximum absolute atomic E-state index is 10.7. The summed E-state index contributed by atoms with van der Waals surface area (Å²) < 4.78 is 5.38. The summed E-state index contributed by atoms with van der Waals surface area (Å²) in [6.07, 6.45) is 0. The van der Waals surface area contributed by atoms with Crippen molar-refractivity contribution in [2.75, 3.05) is 0 Å². The Hall–Kier alpha value is -1.36. The molecule has 1 N–H and O–H groups in total. The highest BCUT2D eigenvalue weighted by Gasteiger charge is 2.03. The molecule has 0 bridgehead atoms. The molecule has 1 aromatic carbocycles. The Kier molecular flexibility index (Phi) is 2.73. The number of aromatic nitrogens is 1. The van der Waals surface area contributed by atoms with Gasteiger partial charge in [-0.05, 0) is 17.7 Å². The maximum atomic E-state index is 10.7. The minimum absolute atomic E-state index is 0.226. The first-order valence-electron chi connectivity index (χ1n) is 4.44. The second-order valence-electron chi connectivity index (χ2n) is 3.16. The van der Waals surface area contributed by atoms with Crippen LogP contribution in [0.15, 0.2) is 22.6 Å². The molecule has 2 aromatic rings. The second-order valence-corrected chi connectivity index (χ2v) is 3.88. The van der Waals surface area contributed by atoms with Crippen LogP contribution in [0.5, 0.6) is 0 Å².